The Balaban J connectivity index is 5.05. The third-order valence-corrected chi connectivity index (χ3v) is 4.24. The number of aliphatic hydroxyl groups is 1. The van der Waals surface area contributed by atoms with Crippen molar-refractivity contribution < 1.29 is 26.7 Å². The highest BCUT2D eigenvalue weighted by atomic mass is 32.2. The summed E-state index contributed by atoms with van der Waals surface area (Å²) in [6.07, 6.45) is -4.64. The smallest absolute Gasteiger partial charge is 0.395 e. The Bertz CT molecular complexity index is 329. The van der Waals surface area contributed by atoms with Crippen molar-refractivity contribution in [1.29, 1.82) is 0 Å². The van der Waals surface area contributed by atoms with Crippen molar-refractivity contribution in [2.75, 3.05) is 26.7 Å². The van der Waals surface area contributed by atoms with E-state index < -0.39 is 42.1 Å². The second-order valence-electron chi connectivity index (χ2n) is 3.79. The predicted octanol–water partition coefficient (Wildman–Crippen LogP) is 0.428. The first-order chi connectivity index (χ1) is 7.52. The Labute approximate surface area is 99.0 Å². The highest BCUT2D eigenvalue weighted by molar-refractivity contribution is 7.86. The fraction of sp³-hybridized carbons (Fsp3) is 1.00. The number of aliphatic hydroxyl groups excluding tert-OH is 1. The topological polar surface area (TPSA) is 60.9 Å². The molecule has 0 saturated heterocycles. The van der Waals surface area contributed by atoms with Crippen molar-refractivity contribution in [3.63, 3.8) is 0 Å². The minimum atomic E-state index is -4.64. The molecular weight excluding hydrogens is 261 g/mol. The average molecular weight is 278 g/mol. The van der Waals surface area contributed by atoms with Gasteiger partial charge < -0.3 is 5.11 Å². The Kier molecular flexibility index (Phi) is 5.85. The van der Waals surface area contributed by atoms with E-state index in [1.807, 2.05) is 0 Å². The summed E-state index contributed by atoms with van der Waals surface area (Å²) in [5.41, 5.74) is 0. The van der Waals surface area contributed by atoms with Crippen LogP contribution in [0, 0.1) is 0 Å². The molecule has 1 N–H and O–H groups in total. The minimum Gasteiger partial charge on any atom is -0.395 e. The van der Waals surface area contributed by atoms with E-state index in [4.69, 9.17) is 5.11 Å². The van der Waals surface area contributed by atoms with Gasteiger partial charge in [-0.3, -0.25) is 0 Å². The Morgan fingerprint density at radius 3 is 2.06 bits per heavy atom. The largest absolute Gasteiger partial charge is 0.402 e. The highest BCUT2D eigenvalue weighted by Gasteiger charge is 2.38. The molecule has 0 spiro atoms. The van der Waals surface area contributed by atoms with Crippen molar-refractivity contribution in [2.45, 2.75) is 26.1 Å². The molecule has 0 aliphatic rings. The fourth-order valence-corrected chi connectivity index (χ4v) is 2.56. The van der Waals surface area contributed by atoms with Gasteiger partial charge in [-0.1, -0.05) is 0 Å². The number of hydrogen-bond donors (Lipinski definition) is 1. The van der Waals surface area contributed by atoms with E-state index in [0.29, 0.717) is 0 Å². The van der Waals surface area contributed by atoms with Crippen molar-refractivity contribution in [3.8, 4) is 0 Å². The molecule has 0 aliphatic carbocycles. The maximum absolute atomic E-state index is 12.2. The van der Waals surface area contributed by atoms with Crippen LogP contribution in [0.15, 0.2) is 0 Å². The molecule has 9 heteroatoms. The van der Waals surface area contributed by atoms with E-state index >= 15 is 0 Å². The summed E-state index contributed by atoms with van der Waals surface area (Å²) >= 11 is 0. The van der Waals surface area contributed by atoms with Crippen LogP contribution in [0.4, 0.5) is 13.2 Å². The van der Waals surface area contributed by atoms with Gasteiger partial charge in [0, 0.05) is 19.6 Å². The van der Waals surface area contributed by atoms with Crippen LogP contribution in [-0.2, 0) is 10.2 Å². The van der Waals surface area contributed by atoms with Gasteiger partial charge in [-0.2, -0.15) is 30.2 Å². The quantitative estimate of drug-likeness (QED) is 0.766. The first-order valence-electron chi connectivity index (χ1n) is 4.93. The van der Waals surface area contributed by atoms with Crippen LogP contribution in [0.2, 0.25) is 0 Å². The third kappa shape index (κ3) is 5.19. The normalized spacial score (nSPS) is 14.0. The van der Waals surface area contributed by atoms with Crippen LogP contribution in [0.1, 0.15) is 13.8 Å². The lowest BCUT2D eigenvalue weighted by molar-refractivity contribution is -0.137. The van der Waals surface area contributed by atoms with E-state index in [2.05, 4.69) is 0 Å². The summed E-state index contributed by atoms with van der Waals surface area (Å²) in [5.74, 6) is 0. The number of halogens is 3. The van der Waals surface area contributed by atoms with Gasteiger partial charge in [-0.05, 0) is 13.8 Å². The van der Waals surface area contributed by atoms with Crippen LogP contribution in [-0.4, -0.2) is 61.1 Å². The zero-order valence-electron chi connectivity index (χ0n) is 9.90. The zero-order valence-corrected chi connectivity index (χ0v) is 10.7. The van der Waals surface area contributed by atoms with Crippen LogP contribution in [0.5, 0.6) is 0 Å². The molecule has 0 heterocycles. The number of nitrogens with zero attached hydrogens (tertiary/aromatic N) is 2. The minimum absolute atomic E-state index is 0.215. The molecule has 0 aromatic carbocycles. The molecule has 0 atom stereocenters. The highest BCUT2D eigenvalue weighted by Crippen LogP contribution is 2.20. The second kappa shape index (κ2) is 5.98. The summed E-state index contributed by atoms with van der Waals surface area (Å²) in [7, 11) is -3.01. The van der Waals surface area contributed by atoms with Crippen LogP contribution in [0.25, 0.3) is 0 Å². The molecule has 0 fully saturated rings. The molecule has 17 heavy (non-hydrogen) atoms. The molecule has 0 bridgehead atoms. The standard InChI is InChI=1S/C8H17F3N2O3S/c1-7(2)12(3)17(15,16)13(4-5-14)6-8(9,10)11/h7,14H,4-6H2,1-3H3. The monoisotopic (exact) mass is 278 g/mol. The molecule has 0 aromatic heterocycles. The number of rotatable bonds is 6. The van der Waals surface area contributed by atoms with E-state index in [0.717, 1.165) is 4.31 Å². The lowest BCUT2D eigenvalue weighted by Gasteiger charge is -2.29. The Morgan fingerprint density at radius 1 is 1.29 bits per heavy atom. The van der Waals surface area contributed by atoms with E-state index in [1.54, 1.807) is 13.8 Å². The van der Waals surface area contributed by atoms with E-state index in [-0.39, 0.29) is 4.31 Å². The molecule has 5 nitrogen and oxygen atoms in total. The van der Waals surface area contributed by atoms with Gasteiger partial charge in [0.25, 0.3) is 10.2 Å². The molecule has 0 aliphatic heterocycles. The molecule has 104 valence electrons. The van der Waals surface area contributed by atoms with Gasteiger partial charge in [0.05, 0.1) is 6.61 Å². The van der Waals surface area contributed by atoms with E-state index in [9.17, 15) is 21.6 Å². The predicted molar refractivity (Wildman–Crippen MR) is 56.5 cm³/mol. The van der Waals surface area contributed by atoms with Crippen molar-refractivity contribution in [3.05, 3.63) is 0 Å². The fourth-order valence-electron chi connectivity index (χ4n) is 1.04. The first kappa shape index (κ1) is 16.6. The second-order valence-corrected chi connectivity index (χ2v) is 5.78. The van der Waals surface area contributed by atoms with E-state index in [1.165, 1.54) is 7.05 Å². The third-order valence-electron chi connectivity index (χ3n) is 2.12. The summed E-state index contributed by atoms with van der Waals surface area (Å²) in [6, 6.07) is -0.463. The molecule has 0 unspecified atom stereocenters. The Hall–Kier alpha value is -0.380. The summed E-state index contributed by atoms with van der Waals surface area (Å²) in [5, 5.41) is 8.63. The molecular formula is C8H17F3N2O3S. The van der Waals surface area contributed by atoms with Crippen molar-refractivity contribution >= 4 is 10.2 Å². The zero-order chi connectivity index (χ0) is 13.9. The van der Waals surface area contributed by atoms with Gasteiger partial charge in [0.15, 0.2) is 0 Å². The molecule has 0 rings (SSSR count). The Morgan fingerprint density at radius 2 is 1.76 bits per heavy atom. The number of hydrogen-bond acceptors (Lipinski definition) is 3. The average Bonchev–Trinajstić information content (AvgIpc) is 2.13. The van der Waals surface area contributed by atoms with Crippen LogP contribution in [0.3, 0.4) is 0 Å². The summed E-state index contributed by atoms with van der Waals surface area (Å²) < 4.78 is 61.3. The molecule has 0 radical (unpaired) electrons. The summed E-state index contributed by atoms with van der Waals surface area (Å²) in [4.78, 5) is 0. The molecule has 0 amide bonds. The van der Waals surface area contributed by atoms with Crippen LogP contribution >= 0.6 is 0 Å². The van der Waals surface area contributed by atoms with Crippen LogP contribution < -0.4 is 0 Å². The number of alkyl halides is 3. The van der Waals surface area contributed by atoms with Gasteiger partial charge in [-0.25, -0.2) is 0 Å². The lowest BCUT2D eigenvalue weighted by atomic mass is 10.4. The molecule has 0 aromatic rings. The van der Waals surface area contributed by atoms with Crippen molar-refractivity contribution in [1.82, 2.24) is 8.61 Å². The van der Waals surface area contributed by atoms with Crippen molar-refractivity contribution in [2.24, 2.45) is 0 Å². The first-order valence-corrected chi connectivity index (χ1v) is 6.32. The van der Waals surface area contributed by atoms with Gasteiger partial charge in [0.1, 0.15) is 6.54 Å². The summed E-state index contributed by atoms with van der Waals surface area (Å²) in [6.45, 7) is 0.234. The van der Waals surface area contributed by atoms with Gasteiger partial charge in [0.2, 0.25) is 0 Å². The maximum Gasteiger partial charge on any atom is 0.402 e. The van der Waals surface area contributed by atoms with Gasteiger partial charge in [-0.15, -0.1) is 0 Å². The molecule has 0 saturated carbocycles. The SMILES string of the molecule is CC(C)N(C)S(=O)(=O)N(CCO)CC(F)(F)F. The lowest BCUT2D eigenvalue weighted by Crippen LogP contribution is -2.49. The van der Waals surface area contributed by atoms with Gasteiger partial charge >= 0.3 is 6.18 Å². The maximum atomic E-state index is 12.2.